The van der Waals surface area contributed by atoms with Crippen molar-refractivity contribution < 1.29 is 29.0 Å². The maximum atomic E-state index is 13.5. The number of rotatable bonds is 8. The largest absolute Gasteiger partial charge is 0.481 e. The minimum absolute atomic E-state index is 0.170. The van der Waals surface area contributed by atoms with Crippen LogP contribution in [-0.4, -0.2) is 46.7 Å². The van der Waals surface area contributed by atoms with Crippen LogP contribution in [0.1, 0.15) is 21.5 Å². The molecule has 1 aliphatic heterocycles. The fourth-order valence-corrected chi connectivity index (χ4v) is 4.34. The number of esters is 1. The van der Waals surface area contributed by atoms with Gasteiger partial charge in [0.25, 0.3) is 5.91 Å². The van der Waals surface area contributed by atoms with E-state index in [1.165, 1.54) is 31.0 Å². The molecule has 3 aromatic rings. The van der Waals surface area contributed by atoms with Crippen molar-refractivity contribution in [2.45, 2.75) is 6.54 Å². The average molecular weight is 503 g/mol. The summed E-state index contributed by atoms with van der Waals surface area (Å²) in [6.07, 6.45) is 1.70. The third-order valence-corrected chi connectivity index (χ3v) is 6.20. The molecule has 1 fully saturated rings. The monoisotopic (exact) mass is 502 g/mol. The molecule has 182 valence electrons. The maximum Gasteiger partial charge on any atom is 0.343 e. The third kappa shape index (κ3) is 6.00. The van der Waals surface area contributed by atoms with E-state index in [-0.39, 0.29) is 24.6 Å². The van der Waals surface area contributed by atoms with Gasteiger partial charge in [-0.2, -0.15) is 0 Å². The third-order valence-electron chi connectivity index (χ3n) is 5.19. The lowest BCUT2D eigenvalue weighted by molar-refractivity contribution is -0.142. The first-order valence-corrected chi connectivity index (χ1v) is 11.7. The highest BCUT2D eigenvalue weighted by Crippen LogP contribution is 2.36. The molecule has 1 heterocycles. The number of carboxylic acids is 1. The number of hydrogen-bond acceptors (Lipinski definition) is 7. The lowest BCUT2D eigenvalue weighted by Crippen LogP contribution is -2.28. The quantitative estimate of drug-likeness (QED) is 0.350. The fraction of sp³-hybridized carbons (Fsp3) is 0.111. The minimum atomic E-state index is -1.01. The summed E-state index contributed by atoms with van der Waals surface area (Å²) in [6, 6.07) is 22.7. The Kier molecular flexibility index (Phi) is 7.82. The van der Waals surface area contributed by atoms with Gasteiger partial charge >= 0.3 is 11.9 Å². The van der Waals surface area contributed by atoms with Crippen molar-refractivity contribution in [2.24, 2.45) is 4.99 Å². The van der Waals surface area contributed by atoms with E-state index >= 15 is 0 Å². The summed E-state index contributed by atoms with van der Waals surface area (Å²) in [6.45, 7) is -0.0355. The number of ether oxygens (including phenoxy) is 2. The Morgan fingerprint density at radius 3 is 2.39 bits per heavy atom. The van der Waals surface area contributed by atoms with Crippen LogP contribution in [0.5, 0.6) is 5.75 Å². The second-order valence-electron chi connectivity index (χ2n) is 7.64. The zero-order valence-electron chi connectivity index (χ0n) is 19.3. The summed E-state index contributed by atoms with van der Waals surface area (Å²) in [5.41, 5.74) is 2.26. The molecule has 0 aliphatic carbocycles. The average Bonchev–Trinajstić information content (AvgIpc) is 3.17. The molecule has 0 spiro atoms. The summed E-state index contributed by atoms with van der Waals surface area (Å²) in [5.74, 6) is -1.34. The first-order valence-electron chi connectivity index (χ1n) is 10.9. The van der Waals surface area contributed by atoms with Crippen molar-refractivity contribution in [2.75, 3.05) is 13.7 Å². The highest BCUT2D eigenvalue weighted by molar-refractivity contribution is 8.18. The van der Waals surface area contributed by atoms with Crippen LogP contribution < -0.4 is 4.74 Å². The predicted octanol–water partition coefficient (Wildman–Crippen LogP) is 4.74. The molecule has 0 unspecified atom stereocenters. The van der Waals surface area contributed by atoms with Gasteiger partial charge in [0.15, 0.2) is 11.8 Å². The van der Waals surface area contributed by atoms with Crippen molar-refractivity contribution in [3.63, 3.8) is 0 Å². The van der Waals surface area contributed by atoms with Crippen LogP contribution in [0, 0.1) is 0 Å². The smallest absolute Gasteiger partial charge is 0.343 e. The van der Waals surface area contributed by atoms with Gasteiger partial charge in [-0.25, -0.2) is 14.6 Å². The molecule has 36 heavy (non-hydrogen) atoms. The summed E-state index contributed by atoms with van der Waals surface area (Å²) < 4.78 is 10.2. The highest BCUT2D eigenvalue weighted by Gasteiger charge is 2.33. The minimum Gasteiger partial charge on any atom is -0.481 e. The highest BCUT2D eigenvalue weighted by atomic mass is 32.2. The molecule has 0 saturated carbocycles. The van der Waals surface area contributed by atoms with Crippen molar-refractivity contribution >= 4 is 46.5 Å². The molecule has 1 amide bonds. The lowest BCUT2D eigenvalue weighted by atomic mass is 10.1. The normalized spacial score (nSPS) is 15.4. The summed E-state index contributed by atoms with van der Waals surface area (Å²) in [4.78, 5) is 42.8. The fourth-order valence-electron chi connectivity index (χ4n) is 3.35. The van der Waals surface area contributed by atoms with Crippen LogP contribution in [-0.2, 0) is 20.9 Å². The zero-order valence-corrected chi connectivity index (χ0v) is 20.1. The van der Waals surface area contributed by atoms with Gasteiger partial charge in [0.2, 0.25) is 0 Å². The van der Waals surface area contributed by atoms with Gasteiger partial charge in [-0.3, -0.25) is 9.69 Å². The van der Waals surface area contributed by atoms with Crippen molar-refractivity contribution in [1.29, 1.82) is 0 Å². The van der Waals surface area contributed by atoms with E-state index in [1.54, 1.807) is 41.3 Å². The summed E-state index contributed by atoms with van der Waals surface area (Å²) in [7, 11) is 1.28. The molecule has 3 aromatic carbocycles. The molecular formula is C27H22N2O6S. The van der Waals surface area contributed by atoms with E-state index in [0.29, 0.717) is 27.1 Å². The van der Waals surface area contributed by atoms with Crippen molar-refractivity contribution in [1.82, 2.24) is 4.90 Å². The Morgan fingerprint density at radius 1 is 1.00 bits per heavy atom. The number of amidine groups is 1. The Balaban J connectivity index is 1.65. The molecule has 0 atom stereocenters. The number of hydrogen-bond donors (Lipinski definition) is 1. The van der Waals surface area contributed by atoms with E-state index < -0.39 is 11.9 Å². The lowest BCUT2D eigenvalue weighted by Gasteiger charge is -2.16. The number of carbonyl (C=O) groups excluding carboxylic acids is 2. The van der Waals surface area contributed by atoms with Crippen LogP contribution in [0.3, 0.4) is 0 Å². The molecule has 1 N–H and O–H groups in total. The second kappa shape index (κ2) is 11.4. The van der Waals surface area contributed by atoms with Crippen LogP contribution in [0.4, 0.5) is 5.69 Å². The molecule has 0 aromatic heterocycles. The maximum absolute atomic E-state index is 13.5. The Bertz CT molecular complexity index is 1340. The van der Waals surface area contributed by atoms with Gasteiger partial charge in [-0.1, -0.05) is 48.5 Å². The topological polar surface area (TPSA) is 106 Å². The number of para-hydroxylation sites is 2. The number of carboxylic acid groups (broad SMARTS) is 1. The molecule has 8 nitrogen and oxygen atoms in total. The Hall–Kier alpha value is -4.37. The van der Waals surface area contributed by atoms with E-state index in [1.807, 2.05) is 36.4 Å². The number of aliphatic imine (C=N–C) groups is 1. The molecule has 1 saturated heterocycles. The number of aromatic carboxylic acids is 1. The molecule has 9 heteroatoms. The van der Waals surface area contributed by atoms with Gasteiger partial charge in [0, 0.05) is 5.56 Å². The second-order valence-corrected chi connectivity index (χ2v) is 8.65. The number of benzene rings is 3. The Morgan fingerprint density at radius 2 is 1.69 bits per heavy atom. The van der Waals surface area contributed by atoms with Gasteiger partial charge in [0.05, 0.1) is 29.8 Å². The number of carbonyl (C=O) groups is 3. The van der Waals surface area contributed by atoms with Crippen LogP contribution in [0.15, 0.2) is 88.8 Å². The molecule has 0 radical (unpaired) electrons. The van der Waals surface area contributed by atoms with Crippen LogP contribution >= 0.6 is 11.8 Å². The van der Waals surface area contributed by atoms with Crippen molar-refractivity contribution in [3.05, 3.63) is 100 Å². The van der Waals surface area contributed by atoms with E-state index in [9.17, 15) is 14.4 Å². The van der Waals surface area contributed by atoms with E-state index in [4.69, 9.17) is 9.84 Å². The van der Waals surface area contributed by atoms with E-state index in [2.05, 4.69) is 9.73 Å². The number of thioether (sulfide) groups is 1. The van der Waals surface area contributed by atoms with Gasteiger partial charge in [-0.15, -0.1) is 0 Å². The number of methoxy groups -OCH3 is 1. The number of nitrogens with zero attached hydrogens (tertiary/aromatic N) is 2. The SMILES string of the molecule is COC(=O)COc1ccccc1/C=C1\SC(=Nc2ccccc2)N(Cc2ccc(C(=O)O)cc2)C1=O. The first kappa shape index (κ1) is 24.7. The summed E-state index contributed by atoms with van der Waals surface area (Å²) in [5, 5.41) is 9.65. The number of amides is 1. The predicted molar refractivity (Wildman–Crippen MR) is 137 cm³/mol. The standard InChI is InChI=1S/C27H22N2O6S/c1-34-24(30)17-35-22-10-6-5-7-20(22)15-23-25(31)29(16-18-11-13-19(14-12-18)26(32)33)27(36-23)28-21-8-3-2-4-9-21/h2-15H,16-17H2,1H3,(H,32,33)/b23-15-,28-27?. The molecular weight excluding hydrogens is 480 g/mol. The Labute approximate surface area is 211 Å². The molecule has 0 bridgehead atoms. The van der Waals surface area contributed by atoms with E-state index in [0.717, 1.165) is 5.56 Å². The molecule has 4 rings (SSSR count). The first-order chi connectivity index (χ1) is 17.4. The van der Waals surface area contributed by atoms with Gasteiger partial charge in [0.1, 0.15) is 5.75 Å². The zero-order chi connectivity index (χ0) is 25.5. The van der Waals surface area contributed by atoms with Gasteiger partial charge in [-0.05, 0) is 53.7 Å². The summed E-state index contributed by atoms with van der Waals surface area (Å²) >= 11 is 1.23. The van der Waals surface area contributed by atoms with Crippen LogP contribution in [0.2, 0.25) is 0 Å². The van der Waals surface area contributed by atoms with Crippen molar-refractivity contribution in [3.8, 4) is 5.75 Å². The molecule has 1 aliphatic rings. The van der Waals surface area contributed by atoms with Gasteiger partial charge < -0.3 is 14.6 Å². The van der Waals surface area contributed by atoms with Crippen LogP contribution in [0.25, 0.3) is 6.08 Å².